The highest BCUT2D eigenvalue weighted by atomic mass is 32.2. The van der Waals surface area contributed by atoms with Gasteiger partial charge >= 0.3 is 0 Å². The molecule has 3 aromatic rings. The molecule has 168 valence electrons. The number of nitrogens with one attached hydrogen (secondary N) is 1. The molecule has 0 spiro atoms. The van der Waals surface area contributed by atoms with Gasteiger partial charge in [0.2, 0.25) is 5.91 Å². The highest BCUT2D eigenvalue weighted by Crippen LogP contribution is 2.26. The summed E-state index contributed by atoms with van der Waals surface area (Å²) in [6.07, 6.45) is 0. The molecule has 0 aliphatic carbocycles. The molecule has 0 fully saturated rings. The van der Waals surface area contributed by atoms with Crippen molar-refractivity contribution in [3.63, 3.8) is 0 Å². The first-order valence-corrected chi connectivity index (χ1v) is 11.4. The van der Waals surface area contributed by atoms with Crippen LogP contribution in [0.4, 0.5) is 5.69 Å². The number of sulfonamides is 1. The summed E-state index contributed by atoms with van der Waals surface area (Å²) in [5, 5.41) is 2.87. The van der Waals surface area contributed by atoms with Crippen molar-refractivity contribution in [1.29, 1.82) is 0 Å². The van der Waals surface area contributed by atoms with Crippen LogP contribution in [0.5, 0.6) is 11.5 Å². The molecule has 1 atom stereocenters. The third-order valence-corrected chi connectivity index (χ3v) is 6.75. The molecule has 7 nitrogen and oxygen atoms in total. The molecule has 0 heterocycles. The number of amides is 1. The Morgan fingerprint density at radius 3 is 2.16 bits per heavy atom. The van der Waals surface area contributed by atoms with Gasteiger partial charge in [-0.3, -0.25) is 9.10 Å². The van der Waals surface area contributed by atoms with Gasteiger partial charge in [-0.1, -0.05) is 36.4 Å². The van der Waals surface area contributed by atoms with E-state index in [2.05, 4.69) is 5.32 Å². The molecule has 0 aliphatic heterocycles. The zero-order valence-corrected chi connectivity index (χ0v) is 19.0. The van der Waals surface area contributed by atoms with Crippen molar-refractivity contribution in [3.05, 3.63) is 84.4 Å². The number of methoxy groups -OCH3 is 2. The fraction of sp³-hybridized carbons (Fsp3) is 0.208. The number of rotatable bonds is 9. The van der Waals surface area contributed by atoms with Crippen LogP contribution in [0.25, 0.3) is 0 Å². The Morgan fingerprint density at radius 1 is 0.906 bits per heavy atom. The van der Waals surface area contributed by atoms with Crippen molar-refractivity contribution >= 4 is 21.6 Å². The van der Waals surface area contributed by atoms with Gasteiger partial charge in [0.15, 0.2) is 0 Å². The van der Waals surface area contributed by atoms with Crippen LogP contribution in [-0.4, -0.2) is 35.1 Å². The van der Waals surface area contributed by atoms with Gasteiger partial charge < -0.3 is 14.8 Å². The molecule has 32 heavy (non-hydrogen) atoms. The summed E-state index contributed by atoms with van der Waals surface area (Å²) in [4.78, 5) is 13.0. The zero-order valence-electron chi connectivity index (χ0n) is 18.2. The molecule has 3 rings (SSSR count). The second-order valence-electron chi connectivity index (χ2n) is 7.05. The predicted molar refractivity (Wildman–Crippen MR) is 124 cm³/mol. The molecule has 0 aliphatic rings. The summed E-state index contributed by atoms with van der Waals surface area (Å²) in [6, 6.07) is 21.6. The molecule has 8 heteroatoms. The fourth-order valence-electron chi connectivity index (χ4n) is 3.30. The molecule has 0 saturated carbocycles. The number of anilines is 1. The lowest BCUT2D eigenvalue weighted by molar-refractivity contribution is -0.120. The van der Waals surface area contributed by atoms with Gasteiger partial charge in [0, 0.05) is 5.56 Å². The number of hydrogen-bond acceptors (Lipinski definition) is 5. The normalized spacial score (nSPS) is 12.0. The lowest BCUT2D eigenvalue weighted by Gasteiger charge is -2.25. The lowest BCUT2D eigenvalue weighted by Crippen LogP contribution is -2.41. The second-order valence-corrected chi connectivity index (χ2v) is 8.92. The first-order chi connectivity index (χ1) is 15.4. The van der Waals surface area contributed by atoms with E-state index in [1.54, 1.807) is 49.6 Å². The number of carbonyl (C=O) groups is 1. The van der Waals surface area contributed by atoms with Gasteiger partial charge in [0.1, 0.15) is 18.0 Å². The maximum atomic E-state index is 13.4. The number of hydrogen-bond donors (Lipinski definition) is 1. The average Bonchev–Trinajstić information content (AvgIpc) is 2.82. The minimum absolute atomic E-state index is 0.0627. The van der Waals surface area contributed by atoms with Gasteiger partial charge in [-0.25, -0.2) is 8.42 Å². The van der Waals surface area contributed by atoms with Gasteiger partial charge in [0.05, 0.1) is 30.8 Å². The first kappa shape index (κ1) is 23.1. The van der Waals surface area contributed by atoms with Crippen molar-refractivity contribution < 1.29 is 22.7 Å². The summed E-state index contributed by atoms with van der Waals surface area (Å²) >= 11 is 0. The maximum Gasteiger partial charge on any atom is 0.264 e. The third kappa shape index (κ3) is 5.20. The average molecular weight is 455 g/mol. The molecule has 0 unspecified atom stereocenters. The van der Waals surface area contributed by atoms with Crippen molar-refractivity contribution in [2.45, 2.75) is 17.9 Å². The van der Waals surface area contributed by atoms with Crippen LogP contribution in [0.15, 0.2) is 83.8 Å². The van der Waals surface area contributed by atoms with Crippen LogP contribution in [0.2, 0.25) is 0 Å². The zero-order chi connectivity index (χ0) is 23.1. The van der Waals surface area contributed by atoms with Gasteiger partial charge in [-0.05, 0) is 49.4 Å². The van der Waals surface area contributed by atoms with Gasteiger partial charge in [-0.15, -0.1) is 0 Å². The van der Waals surface area contributed by atoms with E-state index in [0.717, 1.165) is 9.87 Å². The van der Waals surface area contributed by atoms with Crippen LogP contribution in [0.3, 0.4) is 0 Å². The van der Waals surface area contributed by atoms with Crippen LogP contribution >= 0.6 is 0 Å². The molecule has 1 N–H and O–H groups in total. The molecule has 0 bridgehead atoms. The molecule has 0 radical (unpaired) electrons. The van der Waals surface area contributed by atoms with Gasteiger partial charge in [0.25, 0.3) is 10.0 Å². The van der Waals surface area contributed by atoms with Crippen molar-refractivity contribution in [2.75, 3.05) is 25.1 Å². The Balaban J connectivity index is 1.87. The minimum Gasteiger partial charge on any atom is -0.497 e. The van der Waals surface area contributed by atoms with Crippen molar-refractivity contribution in [1.82, 2.24) is 5.32 Å². The predicted octanol–water partition coefficient (Wildman–Crippen LogP) is 3.78. The SMILES string of the molecule is COc1ccc(S(=O)(=O)N(CC(=O)N[C@@H](C)c2ccccc2OC)c2ccccc2)cc1. The summed E-state index contributed by atoms with van der Waals surface area (Å²) in [5.74, 6) is 0.744. The quantitative estimate of drug-likeness (QED) is 0.532. The van der Waals surface area contributed by atoms with E-state index in [1.165, 1.54) is 19.2 Å². The minimum atomic E-state index is -4.00. The molecule has 1 amide bonds. The standard InChI is InChI=1S/C24H26N2O5S/c1-18(22-11-7-8-12-23(22)31-3)25-24(27)17-26(19-9-5-4-6-10-19)32(28,29)21-15-13-20(30-2)14-16-21/h4-16,18H,17H2,1-3H3,(H,25,27)/t18-/m0/s1. The molecule has 3 aromatic carbocycles. The number of nitrogens with zero attached hydrogens (tertiary/aromatic N) is 1. The van der Waals surface area contributed by atoms with E-state index in [9.17, 15) is 13.2 Å². The Hall–Kier alpha value is -3.52. The Kier molecular flexibility index (Phi) is 7.37. The fourth-order valence-corrected chi connectivity index (χ4v) is 4.72. The monoisotopic (exact) mass is 454 g/mol. The van der Waals surface area contributed by atoms with Crippen molar-refractivity contribution in [3.8, 4) is 11.5 Å². The van der Waals surface area contributed by atoms with E-state index in [-0.39, 0.29) is 17.5 Å². The number of ether oxygens (including phenoxy) is 2. The summed E-state index contributed by atoms with van der Waals surface area (Å²) in [6.45, 7) is 1.44. The Morgan fingerprint density at radius 2 is 1.53 bits per heavy atom. The van der Waals surface area contributed by atoms with E-state index in [1.807, 2.05) is 31.2 Å². The van der Waals surface area contributed by atoms with Crippen molar-refractivity contribution in [2.24, 2.45) is 0 Å². The Bertz CT molecular complexity index is 1150. The molecular weight excluding hydrogens is 428 g/mol. The summed E-state index contributed by atoms with van der Waals surface area (Å²) in [7, 11) is -0.927. The first-order valence-electron chi connectivity index (χ1n) is 10.0. The van der Waals surface area contributed by atoms with E-state index in [0.29, 0.717) is 17.2 Å². The van der Waals surface area contributed by atoms with Crippen LogP contribution in [0.1, 0.15) is 18.5 Å². The van der Waals surface area contributed by atoms with E-state index >= 15 is 0 Å². The number of benzene rings is 3. The maximum absolute atomic E-state index is 13.4. The van der Waals surface area contributed by atoms with E-state index in [4.69, 9.17) is 9.47 Å². The van der Waals surface area contributed by atoms with Gasteiger partial charge in [-0.2, -0.15) is 0 Å². The van der Waals surface area contributed by atoms with Crippen LogP contribution in [-0.2, 0) is 14.8 Å². The Labute approximate surface area is 188 Å². The topological polar surface area (TPSA) is 84.9 Å². The second kappa shape index (κ2) is 10.2. The third-order valence-electron chi connectivity index (χ3n) is 4.96. The lowest BCUT2D eigenvalue weighted by atomic mass is 10.1. The van der Waals surface area contributed by atoms with Crippen LogP contribution in [0, 0.1) is 0 Å². The summed E-state index contributed by atoms with van der Waals surface area (Å²) < 4.78 is 38.4. The number of carbonyl (C=O) groups excluding carboxylic acids is 1. The smallest absolute Gasteiger partial charge is 0.264 e. The largest absolute Gasteiger partial charge is 0.497 e. The molecular formula is C24H26N2O5S. The molecule has 0 saturated heterocycles. The van der Waals surface area contributed by atoms with Crippen LogP contribution < -0.4 is 19.1 Å². The number of para-hydroxylation sites is 2. The van der Waals surface area contributed by atoms with E-state index < -0.39 is 15.9 Å². The molecule has 0 aromatic heterocycles. The summed E-state index contributed by atoms with van der Waals surface area (Å²) in [5.41, 5.74) is 1.19. The highest BCUT2D eigenvalue weighted by Gasteiger charge is 2.28. The highest BCUT2D eigenvalue weighted by molar-refractivity contribution is 7.92.